The largest absolute Gasteiger partial charge is 0.462 e. The zero-order chi connectivity index (χ0) is 54.3. The summed E-state index contributed by atoms with van der Waals surface area (Å²) >= 11 is 0. The molecule has 6 nitrogen and oxygen atoms in total. The first kappa shape index (κ1) is 70.8. The van der Waals surface area contributed by atoms with E-state index in [1.165, 1.54) is 116 Å². The zero-order valence-electron chi connectivity index (χ0n) is 48.8. The van der Waals surface area contributed by atoms with Gasteiger partial charge in [0.1, 0.15) is 13.2 Å². The molecule has 0 bridgehead atoms. The quantitative estimate of drug-likeness (QED) is 0.0261. The Hall–Kier alpha value is -4.19. The SMILES string of the molecule is CC/C=C\C/C=C\C/C=C\C/C=C\C/C=C\C/C=C\C/C=C\C/C=C\C/C=C\C/C=C\CCCCC(=O)OCC(COC(=O)CCCCCCCCCCCC)OC(=O)CCCCCCCCCCCCCCCC. The van der Waals surface area contributed by atoms with Gasteiger partial charge in [0.15, 0.2) is 6.10 Å². The van der Waals surface area contributed by atoms with Crippen molar-refractivity contribution in [2.45, 2.75) is 284 Å². The third kappa shape index (κ3) is 60.6. The molecule has 0 heterocycles. The van der Waals surface area contributed by atoms with Crippen LogP contribution in [0.3, 0.4) is 0 Å². The van der Waals surface area contributed by atoms with Crippen LogP contribution in [0, 0.1) is 0 Å². The molecule has 1 unspecified atom stereocenters. The van der Waals surface area contributed by atoms with Gasteiger partial charge in [0.25, 0.3) is 0 Å². The lowest BCUT2D eigenvalue weighted by Gasteiger charge is -2.18. The molecule has 0 amide bonds. The van der Waals surface area contributed by atoms with Crippen LogP contribution in [-0.4, -0.2) is 37.2 Å². The topological polar surface area (TPSA) is 78.9 Å². The van der Waals surface area contributed by atoms with E-state index in [0.29, 0.717) is 19.3 Å². The van der Waals surface area contributed by atoms with E-state index in [-0.39, 0.29) is 31.1 Å². The van der Waals surface area contributed by atoms with Crippen molar-refractivity contribution in [2.24, 2.45) is 0 Å². The minimum atomic E-state index is -0.794. The lowest BCUT2D eigenvalue weighted by atomic mass is 10.0. The molecule has 0 aliphatic heterocycles. The first-order chi connectivity index (χ1) is 37.0. The fraction of sp³-hybridized carbons (Fsp3) is 0.667. The second-order valence-corrected chi connectivity index (χ2v) is 20.2. The normalized spacial score (nSPS) is 12.9. The average molecular weight is 1040 g/mol. The molecular weight excluding hydrogens is 925 g/mol. The summed E-state index contributed by atoms with van der Waals surface area (Å²) in [5, 5.41) is 0. The van der Waals surface area contributed by atoms with Gasteiger partial charge in [-0.25, -0.2) is 0 Å². The van der Waals surface area contributed by atoms with Gasteiger partial charge in [-0.3, -0.25) is 14.4 Å². The van der Waals surface area contributed by atoms with Gasteiger partial charge in [-0.1, -0.05) is 284 Å². The van der Waals surface area contributed by atoms with Crippen molar-refractivity contribution < 1.29 is 28.6 Å². The van der Waals surface area contributed by atoms with Crippen LogP contribution in [0.5, 0.6) is 0 Å². The molecule has 0 aromatic heterocycles. The molecule has 0 radical (unpaired) electrons. The van der Waals surface area contributed by atoms with Gasteiger partial charge in [0.2, 0.25) is 0 Å². The van der Waals surface area contributed by atoms with Gasteiger partial charge in [-0.2, -0.15) is 0 Å². The van der Waals surface area contributed by atoms with E-state index in [1.54, 1.807) is 0 Å². The number of hydrogen-bond donors (Lipinski definition) is 0. The maximum absolute atomic E-state index is 12.8. The van der Waals surface area contributed by atoms with Crippen molar-refractivity contribution in [1.29, 1.82) is 0 Å². The summed E-state index contributed by atoms with van der Waals surface area (Å²) in [6, 6.07) is 0. The Labute approximate surface area is 462 Å². The fourth-order valence-electron chi connectivity index (χ4n) is 8.35. The van der Waals surface area contributed by atoms with Crippen molar-refractivity contribution in [3.63, 3.8) is 0 Å². The lowest BCUT2D eigenvalue weighted by Crippen LogP contribution is -2.30. The van der Waals surface area contributed by atoms with E-state index < -0.39 is 6.10 Å². The second-order valence-electron chi connectivity index (χ2n) is 20.2. The van der Waals surface area contributed by atoms with E-state index >= 15 is 0 Å². The van der Waals surface area contributed by atoms with Gasteiger partial charge in [-0.15, -0.1) is 0 Å². The molecule has 0 fully saturated rings. The number of carbonyl (C=O) groups excluding carboxylic acids is 3. The Morgan fingerprint density at radius 3 is 0.813 bits per heavy atom. The van der Waals surface area contributed by atoms with Crippen molar-refractivity contribution in [1.82, 2.24) is 0 Å². The molecule has 0 N–H and O–H groups in total. The smallest absolute Gasteiger partial charge is 0.306 e. The van der Waals surface area contributed by atoms with Crippen molar-refractivity contribution in [2.75, 3.05) is 13.2 Å². The number of hydrogen-bond acceptors (Lipinski definition) is 6. The van der Waals surface area contributed by atoms with Crippen LogP contribution in [0.1, 0.15) is 278 Å². The van der Waals surface area contributed by atoms with Crippen molar-refractivity contribution in [3.05, 3.63) is 122 Å². The molecule has 75 heavy (non-hydrogen) atoms. The highest BCUT2D eigenvalue weighted by atomic mass is 16.6. The first-order valence-corrected chi connectivity index (χ1v) is 31.0. The Kier molecular flexibility index (Phi) is 58.9. The van der Waals surface area contributed by atoms with Crippen LogP contribution in [-0.2, 0) is 28.6 Å². The molecule has 0 aliphatic carbocycles. The third-order valence-electron chi connectivity index (χ3n) is 13.0. The number of ether oxygens (including phenoxy) is 3. The monoisotopic (exact) mass is 1040 g/mol. The molecule has 0 saturated carbocycles. The van der Waals surface area contributed by atoms with E-state index in [4.69, 9.17) is 14.2 Å². The Morgan fingerprint density at radius 1 is 0.280 bits per heavy atom. The summed E-state index contributed by atoms with van der Waals surface area (Å²) in [4.78, 5) is 38.1. The molecule has 0 aliphatic rings. The Morgan fingerprint density at radius 2 is 0.520 bits per heavy atom. The van der Waals surface area contributed by atoms with E-state index in [9.17, 15) is 14.4 Å². The standard InChI is InChI=1S/C69H114O6/c1-4-7-10-13-16-19-22-24-26-27-28-29-30-31-32-33-34-35-36-37-38-39-40-41-42-43-44-46-47-50-53-56-59-62-68(71)74-65-66(64-73-67(70)61-58-55-52-49-21-18-15-12-9-6-3)75-69(72)63-60-57-54-51-48-45-25-23-20-17-14-11-8-5-2/h7,10,16,19,24,26,28-29,31-32,34-35,37-38,40-41,43-44,47,50,66H,4-6,8-9,11-15,17-18,20-23,25,27,30,33,36,39,42,45-46,48-49,51-65H2,1-3H3/b10-7-,19-16-,26-24-,29-28-,32-31-,35-34-,38-37-,41-40-,44-43-,50-47-. The van der Waals surface area contributed by atoms with E-state index in [0.717, 1.165) is 122 Å². The molecule has 0 aromatic rings. The highest BCUT2D eigenvalue weighted by Crippen LogP contribution is 2.15. The van der Waals surface area contributed by atoms with E-state index in [2.05, 4.69) is 142 Å². The van der Waals surface area contributed by atoms with Gasteiger partial charge in [-0.05, 0) is 96.3 Å². The van der Waals surface area contributed by atoms with Crippen molar-refractivity contribution in [3.8, 4) is 0 Å². The van der Waals surface area contributed by atoms with Crippen molar-refractivity contribution >= 4 is 17.9 Å². The minimum absolute atomic E-state index is 0.0897. The van der Waals surface area contributed by atoms with Gasteiger partial charge >= 0.3 is 17.9 Å². The zero-order valence-corrected chi connectivity index (χ0v) is 48.8. The lowest BCUT2D eigenvalue weighted by molar-refractivity contribution is -0.167. The predicted molar refractivity (Wildman–Crippen MR) is 325 cm³/mol. The number of allylic oxidation sites excluding steroid dienone is 20. The second kappa shape index (κ2) is 62.4. The van der Waals surface area contributed by atoms with Crippen LogP contribution in [0.15, 0.2) is 122 Å². The molecule has 0 rings (SSSR count). The number of esters is 3. The maximum Gasteiger partial charge on any atom is 0.306 e. The fourth-order valence-corrected chi connectivity index (χ4v) is 8.35. The molecule has 1 atom stereocenters. The molecule has 0 saturated heterocycles. The molecule has 426 valence electrons. The molecular formula is C69H114O6. The summed E-state index contributed by atoms with van der Waals surface area (Å²) in [7, 11) is 0. The van der Waals surface area contributed by atoms with Crippen LogP contribution in [0.2, 0.25) is 0 Å². The number of rotatable bonds is 55. The molecule has 0 aromatic carbocycles. The Bertz CT molecular complexity index is 1570. The number of carbonyl (C=O) groups is 3. The summed E-state index contributed by atoms with van der Waals surface area (Å²) in [5.41, 5.74) is 0. The van der Waals surface area contributed by atoms with E-state index in [1.807, 2.05) is 0 Å². The number of unbranched alkanes of at least 4 members (excludes halogenated alkanes) is 24. The Balaban J connectivity index is 4.30. The third-order valence-corrected chi connectivity index (χ3v) is 13.0. The van der Waals surface area contributed by atoms with Crippen LogP contribution < -0.4 is 0 Å². The van der Waals surface area contributed by atoms with Gasteiger partial charge in [0.05, 0.1) is 0 Å². The highest BCUT2D eigenvalue weighted by Gasteiger charge is 2.19. The summed E-state index contributed by atoms with van der Waals surface area (Å²) in [6.45, 7) is 6.48. The molecule has 6 heteroatoms. The average Bonchev–Trinajstić information content (AvgIpc) is 3.41. The van der Waals surface area contributed by atoms with Crippen LogP contribution in [0.4, 0.5) is 0 Å². The summed E-state index contributed by atoms with van der Waals surface area (Å²) in [5.74, 6) is -0.933. The summed E-state index contributed by atoms with van der Waals surface area (Å²) in [6.07, 6.45) is 86.4. The first-order valence-electron chi connectivity index (χ1n) is 31.0. The van der Waals surface area contributed by atoms with Crippen LogP contribution in [0.25, 0.3) is 0 Å². The maximum atomic E-state index is 12.8. The minimum Gasteiger partial charge on any atom is -0.462 e. The van der Waals surface area contributed by atoms with Gasteiger partial charge < -0.3 is 14.2 Å². The molecule has 0 spiro atoms. The van der Waals surface area contributed by atoms with Gasteiger partial charge in [0, 0.05) is 19.3 Å². The highest BCUT2D eigenvalue weighted by molar-refractivity contribution is 5.71. The summed E-state index contributed by atoms with van der Waals surface area (Å²) < 4.78 is 16.8. The van der Waals surface area contributed by atoms with Crippen LogP contribution >= 0.6 is 0 Å². The predicted octanol–water partition coefficient (Wildman–Crippen LogP) is 21.2.